The predicted octanol–water partition coefficient (Wildman–Crippen LogP) is 1.82. The van der Waals surface area contributed by atoms with Gasteiger partial charge in [-0.25, -0.2) is 0 Å². The minimum Gasteiger partial charge on any atom is -0.392 e. The normalized spacial score (nSPS) is 17.6. The van der Waals surface area contributed by atoms with Gasteiger partial charge in [0.25, 0.3) is 0 Å². The summed E-state index contributed by atoms with van der Waals surface area (Å²) in [5.74, 6) is -1.28. The maximum Gasteiger partial charge on any atom is 0.328 e. The molecule has 1 heterocycles. The van der Waals surface area contributed by atoms with Crippen molar-refractivity contribution in [2.75, 3.05) is 0 Å². The highest BCUT2D eigenvalue weighted by Crippen LogP contribution is 2.19. The maximum absolute atomic E-state index is 10.7. The van der Waals surface area contributed by atoms with Crippen LogP contribution in [0, 0.1) is 5.92 Å². The fourth-order valence-corrected chi connectivity index (χ4v) is 1.14. The topological polar surface area (TPSA) is 43.4 Å². The Hall–Kier alpha value is -1.12. The van der Waals surface area contributed by atoms with E-state index in [0.717, 1.165) is 19.3 Å². The molecule has 1 rings (SSSR count). The first-order valence-corrected chi connectivity index (χ1v) is 4.66. The Balaban J connectivity index is 2.15. The van der Waals surface area contributed by atoms with Crippen molar-refractivity contribution in [2.24, 2.45) is 5.92 Å². The number of carbonyl (C=O) groups excluding carboxylic acids is 2. The molecular formula is C10H14O3. The summed E-state index contributed by atoms with van der Waals surface area (Å²) in [5, 5.41) is 0. The van der Waals surface area contributed by atoms with Gasteiger partial charge in [-0.1, -0.05) is 31.9 Å². The Morgan fingerprint density at radius 3 is 2.54 bits per heavy atom. The van der Waals surface area contributed by atoms with Crippen LogP contribution < -0.4 is 0 Å². The molecule has 0 aromatic carbocycles. The van der Waals surface area contributed by atoms with E-state index in [1.54, 1.807) is 0 Å². The molecule has 3 heteroatoms. The Morgan fingerprint density at radius 1 is 1.31 bits per heavy atom. The van der Waals surface area contributed by atoms with E-state index in [0.29, 0.717) is 6.42 Å². The van der Waals surface area contributed by atoms with E-state index in [1.165, 1.54) is 0 Å². The van der Waals surface area contributed by atoms with Gasteiger partial charge in [-0.2, -0.15) is 0 Å². The molecule has 0 atom stereocenters. The Morgan fingerprint density at radius 2 is 2.00 bits per heavy atom. The molecule has 13 heavy (non-hydrogen) atoms. The first-order chi connectivity index (χ1) is 6.25. The molecule has 0 aromatic heterocycles. The van der Waals surface area contributed by atoms with Crippen LogP contribution in [-0.4, -0.2) is 11.9 Å². The monoisotopic (exact) mass is 182 g/mol. The number of unbranched alkanes of at least 4 members (excludes halogenated alkanes) is 2. The number of carbonyl (C=O) groups is 2. The number of rotatable bonds is 5. The molecule has 1 fully saturated rings. The van der Waals surface area contributed by atoms with Gasteiger partial charge in [0.05, 0.1) is 0 Å². The van der Waals surface area contributed by atoms with Gasteiger partial charge in [0.1, 0.15) is 0 Å². The number of hydrogen-bond acceptors (Lipinski definition) is 3. The van der Waals surface area contributed by atoms with Crippen LogP contribution in [0.3, 0.4) is 0 Å². The van der Waals surface area contributed by atoms with Gasteiger partial charge in [0.15, 0.2) is 5.92 Å². The number of esters is 2. The maximum atomic E-state index is 10.7. The van der Waals surface area contributed by atoms with E-state index < -0.39 is 5.92 Å². The molecule has 0 spiro atoms. The lowest BCUT2D eigenvalue weighted by atomic mass is 10.0. The standard InChI is InChI=1S/C10H14O3/c1-2-3-4-5-6-7-8-9(11)13-10(8)12/h5-6,8H,2-4,7H2,1H3/b6-5-. The van der Waals surface area contributed by atoms with E-state index >= 15 is 0 Å². The molecule has 0 unspecified atom stereocenters. The Kier molecular flexibility index (Phi) is 3.68. The molecule has 0 aromatic rings. The molecule has 0 aliphatic carbocycles. The highest BCUT2D eigenvalue weighted by molar-refractivity contribution is 6.09. The van der Waals surface area contributed by atoms with Gasteiger partial charge in [-0.15, -0.1) is 0 Å². The lowest BCUT2D eigenvalue weighted by molar-refractivity contribution is -0.183. The van der Waals surface area contributed by atoms with Crippen LogP contribution in [0.1, 0.15) is 32.6 Å². The van der Waals surface area contributed by atoms with Gasteiger partial charge in [-0.05, 0) is 12.8 Å². The zero-order valence-electron chi connectivity index (χ0n) is 7.79. The SMILES string of the molecule is CCCC/C=C\CC1C(=O)OC1=O. The molecule has 1 saturated heterocycles. The van der Waals surface area contributed by atoms with Crippen molar-refractivity contribution in [1.82, 2.24) is 0 Å². The fourth-order valence-electron chi connectivity index (χ4n) is 1.14. The second kappa shape index (κ2) is 4.80. The zero-order chi connectivity index (χ0) is 9.68. The summed E-state index contributed by atoms with van der Waals surface area (Å²) in [5.41, 5.74) is 0. The average Bonchev–Trinajstić information content (AvgIpc) is 2.11. The summed E-state index contributed by atoms with van der Waals surface area (Å²) in [4.78, 5) is 21.4. The van der Waals surface area contributed by atoms with Crippen molar-refractivity contribution in [3.8, 4) is 0 Å². The molecule has 72 valence electrons. The van der Waals surface area contributed by atoms with Gasteiger partial charge in [0.2, 0.25) is 0 Å². The van der Waals surface area contributed by atoms with E-state index in [9.17, 15) is 9.59 Å². The second-order valence-electron chi connectivity index (χ2n) is 3.14. The second-order valence-corrected chi connectivity index (χ2v) is 3.14. The van der Waals surface area contributed by atoms with Gasteiger partial charge >= 0.3 is 11.9 Å². The fraction of sp³-hybridized carbons (Fsp3) is 0.600. The van der Waals surface area contributed by atoms with Crippen LogP contribution in [0.15, 0.2) is 12.2 Å². The summed E-state index contributed by atoms with van der Waals surface area (Å²) in [6, 6.07) is 0. The predicted molar refractivity (Wildman–Crippen MR) is 47.9 cm³/mol. The summed E-state index contributed by atoms with van der Waals surface area (Å²) < 4.78 is 4.22. The van der Waals surface area contributed by atoms with E-state index in [2.05, 4.69) is 11.7 Å². The van der Waals surface area contributed by atoms with Crippen LogP contribution in [0.25, 0.3) is 0 Å². The summed E-state index contributed by atoms with van der Waals surface area (Å²) in [6.45, 7) is 2.13. The smallest absolute Gasteiger partial charge is 0.328 e. The van der Waals surface area contributed by atoms with E-state index in [4.69, 9.17) is 0 Å². The minimum absolute atomic E-state index is 0.384. The average molecular weight is 182 g/mol. The van der Waals surface area contributed by atoms with Crippen LogP contribution in [-0.2, 0) is 14.3 Å². The molecule has 1 aliphatic heterocycles. The quantitative estimate of drug-likeness (QED) is 0.282. The summed E-state index contributed by atoms with van der Waals surface area (Å²) >= 11 is 0. The third-order valence-corrected chi connectivity index (χ3v) is 2.03. The number of hydrogen-bond donors (Lipinski definition) is 0. The first kappa shape index (κ1) is 9.96. The number of cyclic esters (lactones) is 2. The Labute approximate surface area is 77.8 Å². The van der Waals surface area contributed by atoms with Crippen molar-refractivity contribution in [3.05, 3.63) is 12.2 Å². The number of allylic oxidation sites excluding steroid dienone is 2. The Bertz CT molecular complexity index is 216. The van der Waals surface area contributed by atoms with Crippen LogP contribution in [0.2, 0.25) is 0 Å². The van der Waals surface area contributed by atoms with Crippen molar-refractivity contribution in [3.63, 3.8) is 0 Å². The molecule has 1 aliphatic rings. The van der Waals surface area contributed by atoms with Crippen molar-refractivity contribution in [2.45, 2.75) is 32.6 Å². The van der Waals surface area contributed by atoms with Crippen molar-refractivity contribution >= 4 is 11.9 Å². The largest absolute Gasteiger partial charge is 0.392 e. The number of ether oxygens (including phenoxy) is 1. The van der Waals surface area contributed by atoms with Crippen LogP contribution >= 0.6 is 0 Å². The molecule has 3 nitrogen and oxygen atoms in total. The first-order valence-electron chi connectivity index (χ1n) is 4.66. The van der Waals surface area contributed by atoms with Crippen LogP contribution in [0.4, 0.5) is 0 Å². The van der Waals surface area contributed by atoms with Crippen LogP contribution in [0.5, 0.6) is 0 Å². The van der Waals surface area contributed by atoms with Crippen molar-refractivity contribution in [1.29, 1.82) is 0 Å². The highest BCUT2D eigenvalue weighted by atomic mass is 16.6. The third kappa shape index (κ3) is 2.68. The third-order valence-electron chi connectivity index (χ3n) is 2.03. The molecule has 0 bridgehead atoms. The summed E-state index contributed by atoms with van der Waals surface area (Å²) in [6.07, 6.45) is 7.74. The van der Waals surface area contributed by atoms with Gasteiger partial charge in [-0.3, -0.25) is 9.59 Å². The molecule has 0 amide bonds. The zero-order valence-corrected chi connectivity index (χ0v) is 7.79. The van der Waals surface area contributed by atoms with E-state index in [1.807, 2.05) is 12.2 Å². The molecular weight excluding hydrogens is 168 g/mol. The molecule has 0 N–H and O–H groups in total. The lowest BCUT2D eigenvalue weighted by Gasteiger charge is -2.19. The molecule has 0 radical (unpaired) electrons. The molecule has 0 saturated carbocycles. The van der Waals surface area contributed by atoms with Gasteiger partial charge in [0, 0.05) is 0 Å². The minimum atomic E-state index is -0.516. The highest BCUT2D eigenvalue weighted by Gasteiger charge is 2.40. The summed E-state index contributed by atoms with van der Waals surface area (Å²) in [7, 11) is 0. The van der Waals surface area contributed by atoms with E-state index in [-0.39, 0.29) is 11.9 Å². The van der Waals surface area contributed by atoms with Crippen molar-refractivity contribution < 1.29 is 14.3 Å². The lowest BCUT2D eigenvalue weighted by Crippen LogP contribution is -2.40. The van der Waals surface area contributed by atoms with Gasteiger partial charge < -0.3 is 4.74 Å².